The molecule has 0 heterocycles. The first-order chi connectivity index (χ1) is 6.75. The highest BCUT2D eigenvalue weighted by molar-refractivity contribution is 6.08. The maximum absolute atomic E-state index is 11.5. The number of rotatable bonds is 3. The fourth-order valence-corrected chi connectivity index (χ4v) is 1.07. The van der Waals surface area contributed by atoms with E-state index in [2.05, 4.69) is 0 Å². The summed E-state index contributed by atoms with van der Waals surface area (Å²) in [6.07, 6.45) is 6.87. The first-order valence-corrected chi connectivity index (χ1v) is 4.44. The van der Waals surface area contributed by atoms with Crippen LogP contribution < -0.4 is 5.73 Å². The van der Waals surface area contributed by atoms with Gasteiger partial charge in [0.2, 0.25) is 0 Å². The predicted octanol–water partition coefficient (Wildman–Crippen LogP) is 2.58. The molecule has 2 N–H and O–H groups in total. The molecule has 0 aliphatic carbocycles. The number of nitrogen functional groups attached to an aromatic ring is 1. The molecule has 1 aromatic carbocycles. The molecule has 0 radical (unpaired) electrons. The Balaban J connectivity index is 2.85. The molecule has 0 bridgehead atoms. The highest BCUT2D eigenvalue weighted by Crippen LogP contribution is 2.11. The van der Waals surface area contributed by atoms with Crippen LogP contribution in [0.5, 0.6) is 0 Å². The minimum absolute atomic E-state index is 0.0683. The van der Waals surface area contributed by atoms with E-state index >= 15 is 0 Å². The lowest BCUT2D eigenvalue weighted by atomic mass is 10.1. The molecule has 0 aliphatic heterocycles. The Labute approximate surface area is 83.7 Å². The molecule has 1 aromatic rings. The summed E-state index contributed by atoms with van der Waals surface area (Å²) in [5.74, 6) is -0.0683. The van der Waals surface area contributed by atoms with Gasteiger partial charge in [0.05, 0.1) is 0 Å². The summed E-state index contributed by atoms with van der Waals surface area (Å²) >= 11 is 0. The lowest BCUT2D eigenvalue weighted by Crippen LogP contribution is -1.99. The lowest BCUT2D eigenvalue weighted by Gasteiger charge is -1.99. The molecular formula is C12H13NO. The number of para-hydroxylation sites is 1. The number of ketones is 1. The predicted molar refractivity (Wildman–Crippen MR) is 59.1 cm³/mol. The molecule has 2 nitrogen and oxygen atoms in total. The molecule has 0 saturated carbocycles. The number of carbonyl (C=O) groups is 1. The van der Waals surface area contributed by atoms with E-state index < -0.39 is 0 Å². The summed E-state index contributed by atoms with van der Waals surface area (Å²) in [6, 6.07) is 7.04. The van der Waals surface area contributed by atoms with Gasteiger partial charge in [0.15, 0.2) is 5.78 Å². The van der Waals surface area contributed by atoms with Crippen LogP contribution in [0.3, 0.4) is 0 Å². The van der Waals surface area contributed by atoms with E-state index in [1.165, 1.54) is 6.08 Å². The van der Waals surface area contributed by atoms with Crippen LogP contribution in [0.4, 0.5) is 5.69 Å². The van der Waals surface area contributed by atoms with E-state index in [4.69, 9.17) is 5.73 Å². The summed E-state index contributed by atoms with van der Waals surface area (Å²) < 4.78 is 0. The molecule has 14 heavy (non-hydrogen) atoms. The number of benzene rings is 1. The normalized spacial score (nSPS) is 11.2. The second kappa shape index (κ2) is 5.02. The average molecular weight is 187 g/mol. The van der Waals surface area contributed by atoms with E-state index in [9.17, 15) is 4.79 Å². The Bertz CT molecular complexity index is 378. The van der Waals surface area contributed by atoms with Gasteiger partial charge < -0.3 is 5.73 Å². The topological polar surface area (TPSA) is 43.1 Å². The fourth-order valence-electron chi connectivity index (χ4n) is 1.07. The van der Waals surface area contributed by atoms with Crippen LogP contribution in [0.15, 0.2) is 48.6 Å². The van der Waals surface area contributed by atoms with Crippen LogP contribution in [0.1, 0.15) is 17.3 Å². The first-order valence-electron chi connectivity index (χ1n) is 4.44. The summed E-state index contributed by atoms with van der Waals surface area (Å²) in [7, 11) is 0. The third kappa shape index (κ3) is 2.59. The molecule has 0 unspecified atom stereocenters. The third-order valence-corrected chi connectivity index (χ3v) is 1.78. The Morgan fingerprint density at radius 3 is 2.64 bits per heavy atom. The third-order valence-electron chi connectivity index (χ3n) is 1.78. The van der Waals surface area contributed by atoms with Crippen molar-refractivity contribution in [3.63, 3.8) is 0 Å². The Kier molecular flexibility index (Phi) is 3.68. The Morgan fingerprint density at radius 2 is 2.00 bits per heavy atom. The summed E-state index contributed by atoms with van der Waals surface area (Å²) in [6.45, 7) is 1.89. The minimum atomic E-state index is -0.0683. The number of hydrogen-bond donors (Lipinski definition) is 1. The number of allylic oxidation sites excluding steroid dienone is 4. The van der Waals surface area contributed by atoms with Gasteiger partial charge in [0.25, 0.3) is 0 Å². The Hall–Kier alpha value is -1.83. The number of nitrogens with two attached hydrogens (primary N) is 1. The SMILES string of the molecule is C/C=C\C=C\C(=O)c1ccccc1N. The summed E-state index contributed by atoms with van der Waals surface area (Å²) in [5, 5.41) is 0. The van der Waals surface area contributed by atoms with Crippen LogP contribution in [0.2, 0.25) is 0 Å². The number of carbonyl (C=O) groups excluding carboxylic acids is 1. The maximum atomic E-state index is 11.5. The fraction of sp³-hybridized carbons (Fsp3) is 0.0833. The van der Waals surface area contributed by atoms with Crippen LogP contribution in [0, 0.1) is 0 Å². The zero-order chi connectivity index (χ0) is 10.4. The molecule has 72 valence electrons. The molecule has 0 amide bonds. The summed E-state index contributed by atoms with van der Waals surface area (Å²) in [4.78, 5) is 11.5. The van der Waals surface area contributed by atoms with Gasteiger partial charge in [-0.15, -0.1) is 0 Å². The van der Waals surface area contributed by atoms with E-state index in [1.807, 2.05) is 19.1 Å². The molecular weight excluding hydrogens is 174 g/mol. The second-order valence-electron chi connectivity index (χ2n) is 2.84. The quantitative estimate of drug-likeness (QED) is 0.342. The van der Waals surface area contributed by atoms with Gasteiger partial charge in [-0.1, -0.05) is 30.4 Å². The van der Waals surface area contributed by atoms with Gasteiger partial charge in [-0.25, -0.2) is 0 Å². The molecule has 0 spiro atoms. The highest BCUT2D eigenvalue weighted by atomic mass is 16.1. The first kappa shape index (κ1) is 10.3. The van der Waals surface area contributed by atoms with Gasteiger partial charge in [-0.3, -0.25) is 4.79 Å². The van der Waals surface area contributed by atoms with Crippen LogP contribution in [0.25, 0.3) is 0 Å². The van der Waals surface area contributed by atoms with E-state index in [-0.39, 0.29) is 5.78 Å². The second-order valence-corrected chi connectivity index (χ2v) is 2.84. The maximum Gasteiger partial charge on any atom is 0.187 e. The van der Waals surface area contributed by atoms with Crippen molar-refractivity contribution in [2.24, 2.45) is 0 Å². The van der Waals surface area contributed by atoms with Crippen molar-refractivity contribution in [1.82, 2.24) is 0 Å². The average Bonchev–Trinajstić information content (AvgIpc) is 2.18. The molecule has 0 fully saturated rings. The van der Waals surface area contributed by atoms with Crippen molar-refractivity contribution >= 4 is 11.5 Å². The molecule has 0 aliphatic rings. The smallest absolute Gasteiger partial charge is 0.187 e. The van der Waals surface area contributed by atoms with Crippen molar-refractivity contribution in [2.45, 2.75) is 6.92 Å². The van der Waals surface area contributed by atoms with Crippen molar-refractivity contribution in [3.05, 3.63) is 54.1 Å². The molecule has 1 rings (SSSR count). The van der Waals surface area contributed by atoms with E-state index in [0.717, 1.165) is 0 Å². The van der Waals surface area contributed by atoms with Crippen molar-refractivity contribution in [2.75, 3.05) is 5.73 Å². The van der Waals surface area contributed by atoms with Crippen LogP contribution in [-0.2, 0) is 0 Å². The monoisotopic (exact) mass is 187 g/mol. The van der Waals surface area contributed by atoms with Crippen LogP contribution >= 0.6 is 0 Å². The van der Waals surface area contributed by atoms with Crippen molar-refractivity contribution < 1.29 is 4.79 Å². The molecule has 0 atom stereocenters. The lowest BCUT2D eigenvalue weighted by molar-refractivity contribution is 0.104. The van der Waals surface area contributed by atoms with Crippen LogP contribution in [-0.4, -0.2) is 5.78 Å². The zero-order valence-corrected chi connectivity index (χ0v) is 8.10. The van der Waals surface area contributed by atoms with Gasteiger partial charge in [-0.2, -0.15) is 0 Å². The number of hydrogen-bond acceptors (Lipinski definition) is 2. The minimum Gasteiger partial charge on any atom is -0.398 e. The largest absolute Gasteiger partial charge is 0.398 e. The Morgan fingerprint density at radius 1 is 1.29 bits per heavy atom. The van der Waals surface area contributed by atoms with E-state index in [0.29, 0.717) is 11.3 Å². The van der Waals surface area contributed by atoms with Gasteiger partial charge in [-0.05, 0) is 25.1 Å². The molecule has 2 heteroatoms. The molecule has 0 saturated heterocycles. The summed E-state index contributed by atoms with van der Waals surface area (Å²) in [5.41, 5.74) is 6.72. The van der Waals surface area contributed by atoms with Crippen molar-refractivity contribution in [1.29, 1.82) is 0 Å². The van der Waals surface area contributed by atoms with Gasteiger partial charge in [0.1, 0.15) is 0 Å². The standard InChI is InChI=1S/C12H13NO/c1-2-3-4-9-12(14)10-7-5-6-8-11(10)13/h2-9H,13H2,1H3/b3-2-,9-4+. The number of anilines is 1. The zero-order valence-electron chi connectivity index (χ0n) is 8.10. The van der Waals surface area contributed by atoms with Gasteiger partial charge >= 0.3 is 0 Å². The van der Waals surface area contributed by atoms with Crippen molar-refractivity contribution in [3.8, 4) is 0 Å². The molecule has 0 aromatic heterocycles. The van der Waals surface area contributed by atoms with Gasteiger partial charge in [0, 0.05) is 11.3 Å². The highest BCUT2D eigenvalue weighted by Gasteiger charge is 2.03. The van der Waals surface area contributed by atoms with E-state index in [1.54, 1.807) is 30.4 Å².